The van der Waals surface area contributed by atoms with Gasteiger partial charge in [0.1, 0.15) is 10.6 Å². The summed E-state index contributed by atoms with van der Waals surface area (Å²) in [5.74, 6) is 1.47. The van der Waals surface area contributed by atoms with E-state index >= 15 is 0 Å². The number of rotatable bonds is 8. The molecule has 0 saturated heterocycles. The summed E-state index contributed by atoms with van der Waals surface area (Å²) < 4.78 is 0. The lowest BCUT2D eigenvalue weighted by atomic mass is 10.2. The molecule has 116 valence electrons. The van der Waals surface area contributed by atoms with Gasteiger partial charge >= 0.3 is 0 Å². The predicted molar refractivity (Wildman–Crippen MR) is 90.4 cm³/mol. The molecule has 0 fully saturated rings. The van der Waals surface area contributed by atoms with Crippen molar-refractivity contribution in [2.45, 2.75) is 46.1 Å². The van der Waals surface area contributed by atoms with E-state index in [2.05, 4.69) is 40.5 Å². The summed E-state index contributed by atoms with van der Waals surface area (Å²) in [7, 11) is 0. The first-order valence-electron chi connectivity index (χ1n) is 7.63. The average Bonchev–Trinajstić information content (AvgIpc) is 2.93. The molecule has 1 atom stereocenters. The van der Waals surface area contributed by atoms with Crippen LogP contribution in [0.3, 0.4) is 0 Å². The lowest BCUT2D eigenvalue weighted by Gasteiger charge is -2.16. The zero-order valence-corrected chi connectivity index (χ0v) is 13.8. The van der Waals surface area contributed by atoms with Crippen LogP contribution < -0.4 is 10.6 Å². The van der Waals surface area contributed by atoms with E-state index in [9.17, 15) is 5.11 Å². The molecule has 0 aliphatic heterocycles. The summed E-state index contributed by atoms with van der Waals surface area (Å²) in [5.41, 5.74) is 0. The van der Waals surface area contributed by atoms with Crippen LogP contribution in [0.1, 0.15) is 38.5 Å². The van der Waals surface area contributed by atoms with E-state index in [0.717, 1.165) is 41.8 Å². The zero-order chi connectivity index (χ0) is 15.2. The number of aliphatic hydroxyl groups is 1. The number of aromatic nitrogens is 2. The molecule has 0 radical (unpaired) electrons. The third-order valence-corrected chi connectivity index (χ3v) is 4.55. The van der Waals surface area contributed by atoms with Crippen molar-refractivity contribution in [1.82, 2.24) is 9.97 Å². The van der Waals surface area contributed by atoms with Gasteiger partial charge in [-0.2, -0.15) is 4.98 Å². The summed E-state index contributed by atoms with van der Waals surface area (Å²) in [5, 5.41) is 17.0. The van der Waals surface area contributed by atoms with E-state index < -0.39 is 0 Å². The molecule has 1 unspecified atom stereocenters. The largest absolute Gasteiger partial charge is 0.394 e. The van der Waals surface area contributed by atoms with E-state index in [0.29, 0.717) is 5.95 Å². The van der Waals surface area contributed by atoms with Crippen LogP contribution >= 0.6 is 11.3 Å². The van der Waals surface area contributed by atoms with Gasteiger partial charge in [0, 0.05) is 11.4 Å². The Morgan fingerprint density at radius 3 is 2.71 bits per heavy atom. The first-order valence-corrected chi connectivity index (χ1v) is 8.45. The highest BCUT2D eigenvalue weighted by molar-refractivity contribution is 7.18. The maximum absolute atomic E-state index is 9.40. The average molecular weight is 308 g/mol. The van der Waals surface area contributed by atoms with E-state index in [1.807, 2.05) is 6.92 Å². The number of aryl methyl sites for hydroxylation is 1. The molecule has 3 N–H and O–H groups in total. The van der Waals surface area contributed by atoms with Crippen LogP contribution in [0.5, 0.6) is 0 Å². The van der Waals surface area contributed by atoms with Gasteiger partial charge in [0.15, 0.2) is 0 Å². The number of hydrogen-bond acceptors (Lipinski definition) is 6. The summed E-state index contributed by atoms with van der Waals surface area (Å²) in [6.07, 6.45) is 2.88. The second-order valence-corrected chi connectivity index (χ2v) is 6.15. The van der Waals surface area contributed by atoms with Crippen molar-refractivity contribution in [2.75, 3.05) is 23.8 Å². The van der Waals surface area contributed by atoms with Gasteiger partial charge in [-0.05, 0) is 25.3 Å². The summed E-state index contributed by atoms with van der Waals surface area (Å²) in [4.78, 5) is 11.5. The highest BCUT2D eigenvalue weighted by Gasteiger charge is 2.14. The Labute approximate surface area is 129 Å². The van der Waals surface area contributed by atoms with Gasteiger partial charge in [0.2, 0.25) is 5.95 Å². The van der Waals surface area contributed by atoms with Crippen LogP contribution in [-0.4, -0.2) is 34.3 Å². The van der Waals surface area contributed by atoms with Gasteiger partial charge in [0.25, 0.3) is 0 Å². The molecule has 0 saturated carbocycles. The van der Waals surface area contributed by atoms with Gasteiger partial charge in [-0.3, -0.25) is 0 Å². The van der Waals surface area contributed by atoms with Crippen molar-refractivity contribution in [3.63, 3.8) is 0 Å². The Balaban J connectivity index is 2.40. The molecule has 5 nitrogen and oxygen atoms in total. The molecule has 2 aromatic heterocycles. The zero-order valence-electron chi connectivity index (χ0n) is 12.9. The molecule has 0 spiro atoms. The Morgan fingerprint density at radius 1 is 1.29 bits per heavy atom. The number of aliphatic hydroxyl groups excluding tert-OH is 1. The number of fused-ring (bicyclic) bond motifs is 1. The molecule has 0 bridgehead atoms. The minimum atomic E-state index is 0.0205. The van der Waals surface area contributed by atoms with Crippen molar-refractivity contribution in [1.29, 1.82) is 0 Å². The third kappa shape index (κ3) is 3.83. The normalized spacial score (nSPS) is 12.6. The van der Waals surface area contributed by atoms with Crippen LogP contribution in [0.25, 0.3) is 10.2 Å². The standard InChI is InChI=1S/C15H24N4OS/c1-4-7-16-15-18-13(17-10(5-2)9-20)12-8-11(6-3)21-14(12)19-15/h8,10,20H,4-7,9H2,1-3H3,(H2,16,17,18,19). The van der Waals surface area contributed by atoms with Gasteiger partial charge in [0.05, 0.1) is 18.0 Å². The molecule has 21 heavy (non-hydrogen) atoms. The quantitative estimate of drug-likeness (QED) is 0.698. The van der Waals surface area contributed by atoms with Crippen LogP contribution in [0.2, 0.25) is 0 Å². The molecular weight excluding hydrogens is 284 g/mol. The van der Waals surface area contributed by atoms with Crippen molar-refractivity contribution in [3.05, 3.63) is 10.9 Å². The SMILES string of the molecule is CCCNc1nc(NC(CC)CO)c2cc(CC)sc2n1. The number of thiophene rings is 1. The maximum atomic E-state index is 9.40. The third-order valence-electron chi connectivity index (χ3n) is 3.38. The van der Waals surface area contributed by atoms with Crippen LogP contribution in [0.4, 0.5) is 11.8 Å². The molecule has 0 amide bonds. The number of nitrogens with one attached hydrogen (secondary N) is 2. The van der Waals surface area contributed by atoms with E-state index in [1.54, 1.807) is 11.3 Å². The van der Waals surface area contributed by atoms with Crippen molar-refractivity contribution < 1.29 is 5.11 Å². The van der Waals surface area contributed by atoms with Crippen molar-refractivity contribution in [2.24, 2.45) is 0 Å². The Kier molecular flexibility index (Phi) is 5.76. The topological polar surface area (TPSA) is 70.1 Å². The Hall–Kier alpha value is -1.40. The van der Waals surface area contributed by atoms with Crippen molar-refractivity contribution >= 4 is 33.3 Å². The number of nitrogens with zero attached hydrogens (tertiary/aromatic N) is 2. The summed E-state index contributed by atoms with van der Waals surface area (Å²) in [6, 6.07) is 2.17. The fourth-order valence-electron chi connectivity index (χ4n) is 2.04. The molecule has 0 aliphatic rings. The molecule has 0 aromatic carbocycles. The second kappa shape index (κ2) is 7.56. The second-order valence-electron chi connectivity index (χ2n) is 5.04. The van der Waals surface area contributed by atoms with Crippen LogP contribution in [0, 0.1) is 0 Å². The van der Waals surface area contributed by atoms with Crippen LogP contribution in [-0.2, 0) is 6.42 Å². The van der Waals surface area contributed by atoms with Gasteiger partial charge in [-0.15, -0.1) is 11.3 Å². The molecule has 2 aromatic rings. The summed E-state index contributed by atoms with van der Waals surface area (Å²) >= 11 is 1.71. The predicted octanol–water partition coefficient (Wildman–Crippen LogP) is 3.26. The monoisotopic (exact) mass is 308 g/mol. The summed E-state index contributed by atoms with van der Waals surface area (Å²) in [6.45, 7) is 7.26. The van der Waals surface area contributed by atoms with Gasteiger partial charge < -0.3 is 15.7 Å². The Bertz CT molecular complexity index is 580. The molecule has 2 heterocycles. The minimum absolute atomic E-state index is 0.0205. The van der Waals surface area contributed by atoms with Gasteiger partial charge in [-0.25, -0.2) is 4.98 Å². The smallest absolute Gasteiger partial charge is 0.226 e. The highest BCUT2D eigenvalue weighted by Crippen LogP contribution is 2.30. The van der Waals surface area contributed by atoms with E-state index in [-0.39, 0.29) is 12.6 Å². The highest BCUT2D eigenvalue weighted by atomic mass is 32.1. The number of anilines is 2. The first-order chi connectivity index (χ1) is 10.2. The van der Waals surface area contributed by atoms with E-state index in [4.69, 9.17) is 0 Å². The lowest BCUT2D eigenvalue weighted by Crippen LogP contribution is -2.23. The first kappa shape index (κ1) is 16.0. The molecular formula is C15H24N4OS. The van der Waals surface area contributed by atoms with Gasteiger partial charge in [-0.1, -0.05) is 20.8 Å². The molecule has 6 heteroatoms. The Morgan fingerprint density at radius 2 is 2.10 bits per heavy atom. The van der Waals surface area contributed by atoms with Crippen molar-refractivity contribution in [3.8, 4) is 0 Å². The molecule has 2 rings (SSSR count). The number of hydrogen-bond donors (Lipinski definition) is 3. The van der Waals surface area contributed by atoms with Crippen LogP contribution in [0.15, 0.2) is 6.07 Å². The lowest BCUT2D eigenvalue weighted by molar-refractivity contribution is 0.271. The maximum Gasteiger partial charge on any atom is 0.226 e. The fourth-order valence-corrected chi connectivity index (χ4v) is 3.01. The fraction of sp³-hybridized carbons (Fsp3) is 0.600. The van der Waals surface area contributed by atoms with E-state index in [1.165, 1.54) is 4.88 Å². The minimum Gasteiger partial charge on any atom is -0.394 e. The molecule has 0 aliphatic carbocycles.